The lowest BCUT2D eigenvalue weighted by Gasteiger charge is -2.20. The van der Waals surface area contributed by atoms with Gasteiger partial charge in [-0.3, -0.25) is 9.36 Å². The van der Waals surface area contributed by atoms with Crippen LogP contribution in [0.5, 0.6) is 0 Å². The second-order valence-corrected chi connectivity index (χ2v) is 6.48. The van der Waals surface area contributed by atoms with E-state index in [-0.39, 0.29) is 5.41 Å². The van der Waals surface area contributed by atoms with Gasteiger partial charge in [0.1, 0.15) is 12.2 Å². The molecule has 0 amide bonds. The lowest BCUT2D eigenvalue weighted by atomic mass is 9.87. The predicted octanol–water partition coefficient (Wildman–Crippen LogP) is 2.00. The Bertz CT molecular complexity index is 593. The molecule has 2 heterocycles. The van der Waals surface area contributed by atoms with Crippen LogP contribution in [0, 0.1) is 0 Å². The maximum absolute atomic E-state index is 10.6. The van der Waals surface area contributed by atoms with Crippen molar-refractivity contribution in [2.75, 3.05) is 0 Å². The van der Waals surface area contributed by atoms with Crippen molar-refractivity contribution in [3.05, 3.63) is 29.6 Å². The van der Waals surface area contributed by atoms with Crippen LogP contribution in [0.1, 0.15) is 57.3 Å². The molecule has 2 aromatic rings. The van der Waals surface area contributed by atoms with Gasteiger partial charge in [-0.15, -0.1) is 0 Å². The Morgan fingerprint density at radius 2 is 2.05 bits per heavy atom. The SMILES string of the molecule is CCCn1ncnc1CC(O)c1cn(C)nc1C(C)(C)C. The van der Waals surface area contributed by atoms with E-state index < -0.39 is 6.10 Å². The molecule has 0 saturated carbocycles. The fourth-order valence-corrected chi connectivity index (χ4v) is 2.46. The van der Waals surface area contributed by atoms with E-state index in [0.717, 1.165) is 30.0 Å². The third-order valence-corrected chi connectivity index (χ3v) is 3.43. The molecule has 6 heteroatoms. The molecular formula is C15H25N5O. The van der Waals surface area contributed by atoms with Crippen molar-refractivity contribution in [3.8, 4) is 0 Å². The minimum atomic E-state index is -0.618. The highest BCUT2D eigenvalue weighted by Crippen LogP contribution is 2.29. The van der Waals surface area contributed by atoms with Gasteiger partial charge in [-0.25, -0.2) is 4.98 Å². The van der Waals surface area contributed by atoms with E-state index in [4.69, 9.17) is 0 Å². The molecule has 0 aromatic carbocycles. The van der Waals surface area contributed by atoms with E-state index in [1.54, 1.807) is 11.0 Å². The summed E-state index contributed by atoms with van der Waals surface area (Å²) in [6.07, 6.45) is 4.27. The summed E-state index contributed by atoms with van der Waals surface area (Å²) in [5.74, 6) is 0.813. The number of aromatic nitrogens is 5. The van der Waals surface area contributed by atoms with Gasteiger partial charge in [0.25, 0.3) is 0 Å². The van der Waals surface area contributed by atoms with E-state index in [2.05, 4.69) is 42.9 Å². The van der Waals surface area contributed by atoms with Crippen LogP contribution in [-0.2, 0) is 25.4 Å². The lowest BCUT2D eigenvalue weighted by molar-refractivity contribution is 0.171. The molecule has 0 bridgehead atoms. The highest BCUT2D eigenvalue weighted by atomic mass is 16.3. The predicted molar refractivity (Wildman–Crippen MR) is 80.9 cm³/mol. The van der Waals surface area contributed by atoms with Gasteiger partial charge in [-0.05, 0) is 6.42 Å². The topological polar surface area (TPSA) is 68.8 Å². The Hall–Kier alpha value is -1.69. The first kappa shape index (κ1) is 15.7. The molecule has 6 nitrogen and oxygen atoms in total. The summed E-state index contributed by atoms with van der Waals surface area (Å²) in [5, 5.41) is 19.3. The maximum atomic E-state index is 10.6. The average molecular weight is 291 g/mol. The van der Waals surface area contributed by atoms with Crippen LogP contribution in [0.3, 0.4) is 0 Å². The van der Waals surface area contributed by atoms with Crippen molar-refractivity contribution in [3.63, 3.8) is 0 Å². The van der Waals surface area contributed by atoms with E-state index in [1.165, 1.54) is 0 Å². The highest BCUT2D eigenvalue weighted by molar-refractivity contribution is 5.26. The van der Waals surface area contributed by atoms with Crippen LogP contribution >= 0.6 is 0 Å². The first-order valence-electron chi connectivity index (χ1n) is 7.41. The molecule has 1 N–H and O–H groups in total. The minimum absolute atomic E-state index is 0.103. The van der Waals surface area contributed by atoms with Crippen LogP contribution in [0.2, 0.25) is 0 Å². The molecule has 1 unspecified atom stereocenters. The average Bonchev–Trinajstić information content (AvgIpc) is 2.96. The molecular weight excluding hydrogens is 266 g/mol. The summed E-state index contributed by atoms with van der Waals surface area (Å²) in [5.41, 5.74) is 1.70. The number of hydrogen-bond acceptors (Lipinski definition) is 4. The normalized spacial score (nSPS) is 13.6. The first-order chi connectivity index (χ1) is 9.82. The fraction of sp³-hybridized carbons (Fsp3) is 0.667. The largest absolute Gasteiger partial charge is 0.388 e. The Kier molecular flexibility index (Phi) is 4.46. The maximum Gasteiger partial charge on any atom is 0.138 e. The Balaban J connectivity index is 2.24. The summed E-state index contributed by atoms with van der Waals surface area (Å²) < 4.78 is 3.62. The van der Waals surface area contributed by atoms with Gasteiger partial charge >= 0.3 is 0 Å². The highest BCUT2D eigenvalue weighted by Gasteiger charge is 2.26. The van der Waals surface area contributed by atoms with Crippen LogP contribution in [0.15, 0.2) is 12.5 Å². The summed E-state index contributed by atoms with van der Waals surface area (Å²) in [6.45, 7) is 9.23. The zero-order valence-electron chi connectivity index (χ0n) is 13.5. The Labute approximate surface area is 125 Å². The number of aryl methyl sites for hydroxylation is 2. The quantitative estimate of drug-likeness (QED) is 0.914. The van der Waals surface area contributed by atoms with E-state index in [9.17, 15) is 5.11 Å². The zero-order chi connectivity index (χ0) is 15.6. The first-order valence-corrected chi connectivity index (χ1v) is 7.41. The lowest BCUT2D eigenvalue weighted by Crippen LogP contribution is -2.18. The van der Waals surface area contributed by atoms with Gasteiger partial charge in [0.05, 0.1) is 11.8 Å². The van der Waals surface area contributed by atoms with E-state index >= 15 is 0 Å². The van der Waals surface area contributed by atoms with Gasteiger partial charge in [0.15, 0.2) is 0 Å². The summed E-state index contributed by atoms with van der Waals surface area (Å²) >= 11 is 0. The van der Waals surface area contributed by atoms with Gasteiger partial charge in [0, 0.05) is 37.2 Å². The zero-order valence-corrected chi connectivity index (χ0v) is 13.5. The number of nitrogens with zero attached hydrogens (tertiary/aromatic N) is 5. The standard InChI is InChI=1S/C15H25N5O/c1-6-7-20-13(16-10-17-20)8-12(21)11-9-19(5)18-14(11)15(2,3)4/h9-10,12,21H,6-8H2,1-5H3. The van der Waals surface area contributed by atoms with Crippen molar-refractivity contribution >= 4 is 0 Å². The minimum Gasteiger partial charge on any atom is -0.388 e. The molecule has 1 atom stereocenters. The van der Waals surface area contributed by atoms with Crippen molar-refractivity contribution < 1.29 is 5.11 Å². The third-order valence-electron chi connectivity index (χ3n) is 3.43. The van der Waals surface area contributed by atoms with Crippen molar-refractivity contribution in [1.29, 1.82) is 0 Å². The molecule has 116 valence electrons. The molecule has 0 saturated heterocycles. The Morgan fingerprint density at radius 3 is 2.67 bits per heavy atom. The smallest absolute Gasteiger partial charge is 0.138 e. The molecule has 0 aliphatic carbocycles. The van der Waals surface area contributed by atoms with Gasteiger partial charge in [0.2, 0.25) is 0 Å². The third kappa shape index (κ3) is 3.50. The fourth-order valence-electron chi connectivity index (χ4n) is 2.46. The summed E-state index contributed by atoms with van der Waals surface area (Å²) in [7, 11) is 1.88. The van der Waals surface area contributed by atoms with Gasteiger partial charge < -0.3 is 5.11 Å². The molecule has 0 aliphatic heterocycles. The van der Waals surface area contributed by atoms with Crippen LogP contribution in [0.25, 0.3) is 0 Å². The van der Waals surface area contributed by atoms with Crippen molar-refractivity contribution in [2.24, 2.45) is 7.05 Å². The number of aliphatic hydroxyl groups excluding tert-OH is 1. The van der Waals surface area contributed by atoms with Crippen molar-refractivity contribution in [1.82, 2.24) is 24.5 Å². The molecule has 0 radical (unpaired) electrons. The summed E-state index contributed by atoms with van der Waals surface area (Å²) in [4.78, 5) is 4.26. The summed E-state index contributed by atoms with van der Waals surface area (Å²) in [6, 6.07) is 0. The molecule has 2 rings (SSSR count). The molecule has 21 heavy (non-hydrogen) atoms. The van der Waals surface area contributed by atoms with Crippen molar-refractivity contribution in [2.45, 2.75) is 58.6 Å². The molecule has 0 fully saturated rings. The second kappa shape index (κ2) is 5.97. The monoisotopic (exact) mass is 291 g/mol. The second-order valence-electron chi connectivity index (χ2n) is 6.48. The van der Waals surface area contributed by atoms with E-state index in [0.29, 0.717) is 6.42 Å². The number of hydrogen-bond donors (Lipinski definition) is 1. The number of aliphatic hydroxyl groups is 1. The molecule has 0 spiro atoms. The van der Waals surface area contributed by atoms with Crippen LogP contribution in [0.4, 0.5) is 0 Å². The van der Waals surface area contributed by atoms with Gasteiger partial charge in [-0.2, -0.15) is 10.2 Å². The van der Waals surface area contributed by atoms with Gasteiger partial charge in [-0.1, -0.05) is 27.7 Å². The van der Waals surface area contributed by atoms with E-state index in [1.807, 2.05) is 17.9 Å². The molecule has 0 aliphatic rings. The molecule has 2 aromatic heterocycles. The van der Waals surface area contributed by atoms with Crippen LogP contribution < -0.4 is 0 Å². The Morgan fingerprint density at radius 1 is 1.33 bits per heavy atom. The number of rotatable bonds is 5. The van der Waals surface area contributed by atoms with Crippen LogP contribution in [-0.4, -0.2) is 29.7 Å².